The molecular weight excluding hydrogens is 362 g/mol. The Bertz CT molecular complexity index is 896. The van der Waals surface area contributed by atoms with Crippen LogP contribution in [0, 0.1) is 13.8 Å². The van der Waals surface area contributed by atoms with Crippen LogP contribution in [-0.2, 0) is 14.8 Å². The second-order valence-corrected chi connectivity index (χ2v) is 8.89. The van der Waals surface area contributed by atoms with Crippen molar-refractivity contribution in [3.8, 4) is 5.75 Å². The lowest BCUT2D eigenvalue weighted by Gasteiger charge is -2.36. The van der Waals surface area contributed by atoms with E-state index in [1.165, 1.54) is 0 Å². The third-order valence-corrected chi connectivity index (χ3v) is 6.76. The zero-order chi connectivity index (χ0) is 19.6. The van der Waals surface area contributed by atoms with Crippen LogP contribution in [0.25, 0.3) is 0 Å². The Morgan fingerprint density at radius 3 is 2.48 bits per heavy atom. The highest BCUT2D eigenvalue weighted by Gasteiger charge is 2.35. The van der Waals surface area contributed by atoms with E-state index in [0.29, 0.717) is 30.2 Å². The van der Waals surface area contributed by atoms with Gasteiger partial charge < -0.3 is 9.47 Å². The third-order valence-electron chi connectivity index (χ3n) is 4.79. The lowest BCUT2D eigenvalue weighted by atomic mass is 10.1. The SMILES string of the molecule is CCOc1cc(C)c(S(=O)(=O)N2CC(C)OC(c3ccccc3)C2)cc1C. The van der Waals surface area contributed by atoms with Gasteiger partial charge in [-0.1, -0.05) is 30.3 Å². The van der Waals surface area contributed by atoms with Gasteiger partial charge in [0.05, 0.1) is 23.7 Å². The monoisotopic (exact) mass is 389 g/mol. The van der Waals surface area contributed by atoms with Crippen molar-refractivity contribution in [3.63, 3.8) is 0 Å². The average molecular weight is 390 g/mol. The van der Waals surface area contributed by atoms with E-state index >= 15 is 0 Å². The molecule has 0 saturated carbocycles. The summed E-state index contributed by atoms with van der Waals surface area (Å²) in [6, 6.07) is 13.3. The van der Waals surface area contributed by atoms with Crippen molar-refractivity contribution in [2.75, 3.05) is 19.7 Å². The summed E-state index contributed by atoms with van der Waals surface area (Å²) in [4.78, 5) is 0.337. The smallest absolute Gasteiger partial charge is 0.243 e. The quantitative estimate of drug-likeness (QED) is 0.779. The van der Waals surface area contributed by atoms with Gasteiger partial charge in [0.25, 0.3) is 0 Å². The Morgan fingerprint density at radius 2 is 1.81 bits per heavy atom. The summed E-state index contributed by atoms with van der Waals surface area (Å²) in [6.45, 7) is 8.71. The maximum atomic E-state index is 13.4. The fourth-order valence-corrected chi connectivity index (χ4v) is 5.26. The molecule has 1 saturated heterocycles. The number of nitrogens with zero attached hydrogens (tertiary/aromatic N) is 1. The second-order valence-electron chi connectivity index (χ2n) is 6.98. The topological polar surface area (TPSA) is 55.8 Å². The normalized spacial score (nSPS) is 21.2. The largest absolute Gasteiger partial charge is 0.494 e. The van der Waals surface area contributed by atoms with Gasteiger partial charge in [0.2, 0.25) is 10.0 Å². The lowest BCUT2D eigenvalue weighted by molar-refractivity contribution is -0.0557. The summed E-state index contributed by atoms with van der Waals surface area (Å²) < 4.78 is 39.9. The molecule has 3 rings (SSSR count). The minimum absolute atomic E-state index is 0.178. The van der Waals surface area contributed by atoms with E-state index in [4.69, 9.17) is 9.47 Å². The van der Waals surface area contributed by atoms with Crippen LogP contribution in [-0.4, -0.2) is 38.5 Å². The van der Waals surface area contributed by atoms with Gasteiger partial charge in [-0.15, -0.1) is 0 Å². The number of morpholine rings is 1. The van der Waals surface area contributed by atoms with Crippen molar-refractivity contribution in [1.29, 1.82) is 0 Å². The van der Waals surface area contributed by atoms with Crippen molar-refractivity contribution >= 4 is 10.0 Å². The summed E-state index contributed by atoms with van der Waals surface area (Å²) >= 11 is 0. The van der Waals surface area contributed by atoms with Gasteiger partial charge in [-0.2, -0.15) is 4.31 Å². The first kappa shape index (κ1) is 19.9. The number of ether oxygens (including phenoxy) is 2. The zero-order valence-electron chi connectivity index (χ0n) is 16.3. The van der Waals surface area contributed by atoms with Gasteiger partial charge in [-0.05, 0) is 56.5 Å². The molecule has 0 amide bonds. The van der Waals surface area contributed by atoms with E-state index < -0.39 is 10.0 Å². The first-order chi connectivity index (χ1) is 12.8. The van der Waals surface area contributed by atoms with Gasteiger partial charge in [0.1, 0.15) is 5.75 Å². The molecule has 6 heteroatoms. The van der Waals surface area contributed by atoms with Gasteiger partial charge in [-0.25, -0.2) is 8.42 Å². The molecule has 2 atom stereocenters. The molecule has 0 radical (unpaired) electrons. The van der Waals surface area contributed by atoms with Gasteiger partial charge >= 0.3 is 0 Å². The van der Waals surface area contributed by atoms with Crippen LogP contribution in [0.1, 0.15) is 36.6 Å². The van der Waals surface area contributed by atoms with Crippen LogP contribution in [0.2, 0.25) is 0 Å². The summed E-state index contributed by atoms with van der Waals surface area (Å²) in [5.41, 5.74) is 2.50. The van der Waals surface area contributed by atoms with Crippen molar-refractivity contribution in [1.82, 2.24) is 4.31 Å². The molecule has 2 unspecified atom stereocenters. The van der Waals surface area contributed by atoms with Crippen molar-refractivity contribution in [2.24, 2.45) is 0 Å². The van der Waals surface area contributed by atoms with Crippen LogP contribution in [0.5, 0.6) is 5.75 Å². The highest BCUT2D eigenvalue weighted by molar-refractivity contribution is 7.89. The fraction of sp³-hybridized carbons (Fsp3) is 0.429. The van der Waals surface area contributed by atoms with Crippen molar-refractivity contribution in [3.05, 3.63) is 59.2 Å². The Morgan fingerprint density at radius 1 is 1.11 bits per heavy atom. The molecule has 146 valence electrons. The molecule has 1 fully saturated rings. The first-order valence-electron chi connectivity index (χ1n) is 9.27. The molecule has 1 heterocycles. The van der Waals surface area contributed by atoms with E-state index in [-0.39, 0.29) is 12.2 Å². The second kappa shape index (κ2) is 8.00. The number of rotatable bonds is 5. The minimum atomic E-state index is -3.62. The maximum absolute atomic E-state index is 13.4. The summed E-state index contributed by atoms with van der Waals surface area (Å²) in [5, 5.41) is 0. The summed E-state index contributed by atoms with van der Waals surface area (Å²) in [7, 11) is -3.62. The van der Waals surface area contributed by atoms with E-state index in [1.807, 2.05) is 64.1 Å². The number of hydrogen-bond acceptors (Lipinski definition) is 4. The van der Waals surface area contributed by atoms with Crippen LogP contribution in [0.3, 0.4) is 0 Å². The van der Waals surface area contributed by atoms with Crippen molar-refractivity contribution in [2.45, 2.75) is 44.8 Å². The lowest BCUT2D eigenvalue weighted by Crippen LogP contribution is -2.46. The molecule has 2 aromatic rings. The fourth-order valence-electron chi connectivity index (χ4n) is 3.45. The standard InChI is InChI=1S/C21H27NO4S/c1-5-25-19-11-16(3)21(12-15(19)2)27(23,24)22-13-17(4)26-20(14-22)18-9-7-6-8-10-18/h6-12,17,20H,5,13-14H2,1-4H3. The average Bonchev–Trinajstić information content (AvgIpc) is 2.64. The van der Waals surface area contributed by atoms with E-state index in [9.17, 15) is 8.42 Å². The number of benzene rings is 2. The van der Waals surface area contributed by atoms with Crippen LogP contribution in [0.15, 0.2) is 47.4 Å². The summed E-state index contributed by atoms with van der Waals surface area (Å²) in [5.74, 6) is 0.728. The molecule has 0 aliphatic carbocycles. The van der Waals surface area contributed by atoms with Gasteiger partial charge in [0, 0.05) is 13.1 Å². The van der Waals surface area contributed by atoms with E-state index in [0.717, 1.165) is 16.9 Å². The Kier molecular flexibility index (Phi) is 5.89. The molecule has 2 aromatic carbocycles. The van der Waals surface area contributed by atoms with Crippen LogP contribution in [0.4, 0.5) is 0 Å². The first-order valence-corrected chi connectivity index (χ1v) is 10.7. The minimum Gasteiger partial charge on any atom is -0.494 e. The molecule has 0 spiro atoms. The molecule has 1 aliphatic rings. The molecular formula is C21H27NO4S. The van der Waals surface area contributed by atoms with Crippen LogP contribution < -0.4 is 4.74 Å². The summed E-state index contributed by atoms with van der Waals surface area (Å²) in [6.07, 6.45) is -0.448. The third kappa shape index (κ3) is 4.18. The number of aryl methyl sites for hydroxylation is 2. The number of sulfonamides is 1. The highest BCUT2D eigenvalue weighted by atomic mass is 32.2. The predicted octanol–water partition coefficient (Wildman–Crippen LogP) is 3.85. The zero-order valence-corrected chi connectivity index (χ0v) is 17.1. The molecule has 0 aromatic heterocycles. The van der Waals surface area contributed by atoms with Crippen LogP contribution >= 0.6 is 0 Å². The van der Waals surface area contributed by atoms with Gasteiger partial charge in [0.15, 0.2) is 0 Å². The number of hydrogen-bond donors (Lipinski definition) is 0. The molecule has 0 N–H and O–H groups in total. The van der Waals surface area contributed by atoms with E-state index in [2.05, 4.69) is 0 Å². The predicted molar refractivity (Wildman–Crippen MR) is 106 cm³/mol. The molecule has 5 nitrogen and oxygen atoms in total. The molecule has 0 bridgehead atoms. The molecule has 27 heavy (non-hydrogen) atoms. The molecule has 1 aliphatic heterocycles. The Labute approximate surface area is 162 Å². The van der Waals surface area contributed by atoms with Crippen molar-refractivity contribution < 1.29 is 17.9 Å². The maximum Gasteiger partial charge on any atom is 0.243 e. The Balaban J connectivity index is 1.93. The Hall–Kier alpha value is -1.89. The highest BCUT2D eigenvalue weighted by Crippen LogP contribution is 2.32. The van der Waals surface area contributed by atoms with E-state index in [1.54, 1.807) is 10.4 Å². The van der Waals surface area contributed by atoms with Gasteiger partial charge in [-0.3, -0.25) is 0 Å².